The Morgan fingerprint density at radius 3 is 2.59 bits per heavy atom. The van der Waals surface area contributed by atoms with E-state index < -0.39 is 0 Å². The molecule has 0 saturated carbocycles. The lowest BCUT2D eigenvalue weighted by molar-refractivity contribution is 0.929. The van der Waals surface area contributed by atoms with Gasteiger partial charge in [-0.25, -0.2) is 9.50 Å². The van der Waals surface area contributed by atoms with Crippen molar-refractivity contribution >= 4 is 39.6 Å². The Morgan fingerprint density at radius 2 is 1.77 bits per heavy atom. The van der Waals surface area contributed by atoms with Crippen molar-refractivity contribution in [1.29, 1.82) is 0 Å². The zero-order chi connectivity index (χ0) is 15.3. The van der Waals surface area contributed by atoms with Crippen LogP contribution in [-0.2, 0) is 0 Å². The molecule has 4 aromatic rings. The van der Waals surface area contributed by atoms with E-state index >= 15 is 0 Å². The molecule has 0 amide bonds. The Bertz CT molecular complexity index is 1020. The van der Waals surface area contributed by atoms with E-state index in [0.29, 0.717) is 16.0 Å². The van der Waals surface area contributed by atoms with E-state index in [1.807, 2.05) is 19.1 Å². The first-order valence-electron chi connectivity index (χ1n) is 6.83. The summed E-state index contributed by atoms with van der Waals surface area (Å²) in [5.41, 5.74) is 3.34. The van der Waals surface area contributed by atoms with Gasteiger partial charge in [-0.2, -0.15) is 5.10 Å². The van der Waals surface area contributed by atoms with Gasteiger partial charge in [-0.1, -0.05) is 59.6 Å². The normalized spacial score (nSPS) is 11.4. The monoisotopic (exact) mass is 327 g/mol. The molecule has 108 valence electrons. The Hall–Kier alpha value is -2.10. The fourth-order valence-corrected chi connectivity index (χ4v) is 3.01. The highest BCUT2D eigenvalue weighted by molar-refractivity contribution is 6.34. The molecular formula is C17H11Cl2N3. The number of hydrogen-bond donors (Lipinski definition) is 0. The van der Waals surface area contributed by atoms with Crippen LogP contribution in [0.5, 0.6) is 0 Å². The minimum atomic E-state index is 0.403. The number of benzene rings is 2. The van der Waals surface area contributed by atoms with Crippen LogP contribution in [-0.4, -0.2) is 14.6 Å². The minimum absolute atomic E-state index is 0.403. The molecule has 2 heterocycles. The van der Waals surface area contributed by atoms with E-state index in [0.717, 1.165) is 16.7 Å². The zero-order valence-corrected chi connectivity index (χ0v) is 13.2. The summed E-state index contributed by atoms with van der Waals surface area (Å²) in [7, 11) is 0. The van der Waals surface area contributed by atoms with E-state index in [1.54, 1.807) is 10.7 Å². The fourth-order valence-electron chi connectivity index (χ4n) is 2.57. The summed E-state index contributed by atoms with van der Waals surface area (Å²) < 4.78 is 1.62. The second kappa shape index (κ2) is 4.97. The van der Waals surface area contributed by atoms with Crippen LogP contribution in [0, 0.1) is 6.92 Å². The summed E-state index contributed by atoms with van der Waals surface area (Å²) in [5, 5.41) is 7.60. The smallest absolute Gasteiger partial charge is 0.166 e. The summed E-state index contributed by atoms with van der Waals surface area (Å²) in [6, 6.07) is 14.5. The van der Waals surface area contributed by atoms with Crippen LogP contribution in [0.4, 0.5) is 0 Å². The average Bonchev–Trinajstić information content (AvgIpc) is 2.96. The highest BCUT2D eigenvalue weighted by Crippen LogP contribution is 2.31. The third-order valence-electron chi connectivity index (χ3n) is 3.81. The van der Waals surface area contributed by atoms with Gasteiger partial charge in [0.25, 0.3) is 0 Å². The lowest BCUT2D eigenvalue weighted by Crippen LogP contribution is -1.96. The van der Waals surface area contributed by atoms with Gasteiger partial charge in [0.1, 0.15) is 10.3 Å². The summed E-state index contributed by atoms with van der Waals surface area (Å²) in [4.78, 5) is 4.43. The molecular weight excluding hydrogens is 317 g/mol. The first-order valence-corrected chi connectivity index (χ1v) is 7.59. The molecule has 0 radical (unpaired) electrons. The lowest BCUT2D eigenvalue weighted by Gasteiger charge is -2.05. The van der Waals surface area contributed by atoms with Crippen molar-refractivity contribution < 1.29 is 0 Å². The molecule has 0 saturated heterocycles. The van der Waals surface area contributed by atoms with Crippen molar-refractivity contribution in [1.82, 2.24) is 14.6 Å². The Labute approximate surface area is 137 Å². The van der Waals surface area contributed by atoms with Crippen LogP contribution in [0.2, 0.25) is 10.3 Å². The zero-order valence-electron chi connectivity index (χ0n) is 11.7. The van der Waals surface area contributed by atoms with Crippen molar-refractivity contribution in [3.8, 4) is 11.1 Å². The molecule has 0 bridgehead atoms. The molecule has 0 N–H and O–H groups in total. The molecule has 3 nitrogen and oxygen atoms in total. The van der Waals surface area contributed by atoms with Gasteiger partial charge in [-0.15, -0.1) is 0 Å². The maximum atomic E-state index is 6.30. The molecule has 22 heavy (non-hydrogen) atoms. The van der Waals surface area contributed by atoms with E-state index in [9.17, 15) is 0 Å². The lowest BCUT2D eigenvalue weighted by atomic mass is 10.0. The van der Waals surface area contributed by atoms with Crippen LogP contribution in [0.3, 0.4) is 0 Å². The topological polar surface area (TPSA) is 30.2 Å². The SMILES string of the molecule is Cc1c(Cl)nc2c(-c3ccc4ccccc4c3)cnn2c1Cl. The molecule has 5 heteroatoms. The molecule has 0 unspecified atom stereocenters. The largest absolute Gasteiger partial charge is 0.216 e. The second-order valence-electron chi connectivity index (χ2n) is 5.17. The number of aromatic nitrogens is 3. The van der Waals surface area contributed by atoms with E-state index in [1.165, 1.54) is 10.8 Å². The number of fused-ring (bicyclic) bond motifs is 2. The molecule has 0 aliphatic rings. The van der Waals surface area contributed by atoms with Crippen molar-refractivity contribution in [3.63, 3.8) is 0 Å². The molecule has 2 aromatic heterocycles. The predicted octanol–water partition coefficient (Wildman–Crippen LogP) is 5.16. The van der Waals surface area contributed by atoms with Crippen molar-refractivity contribution in [2.75, 3.05) is 0 Å². The fraction of sp³-hybridized carbons (Fsp3) is 0.0588. The maximum Gasteiger partial charge on any atom is 0.166 e. The summed E-state index contributed by atoms with van der Waals surface area (Å²) in [6.45, 7) is 1.83. The third kappa shape index (κ3) is 1.97. The van der Waals surface area contributed by atoms with Crippen molar-refractivity contribution in [2.45, 2.75) is 6.92 Å². The quantitative estimate of drug-likeness (QED) is 0.452. The Balaban J connectivity index is 2.00. The molecule has 0 fully saturated rings. The molecule has 2 aromatic carbocycles. The van der Waals surface area contributed by atoms with Crippen molar-refractivity contribution in [3.05, 3.63) is 64.5 Å². The van der Waals surface area contributed by atoms with Crippen LogP contribution < -0.4 is 0 Å². The van der Waals surface area contributed by atoms with Gasteiger partial charge < -0.3 is 0 Å². The molecule has 4 rings (SSSR count). The van der Waals surface area contributed by atoms with Gasteiger partial charge in [0, 0.05) is 11.1 Å². The van der Waals surface area contributed by atoms with Gasteiger partial charge in [0.2, 0.25) is 0 Å². The summed E-state index contributed by atoms with van der Waals surface area (Å²) in [5.74, 6) is 0. The van der Waals surface area contributed by atoms with E-state index in [4.69, 9.17) is 23.2 Å². The molecule has 0 aliphatic heterocycles. The Morgan fingerprint density at radius 1 is 1.00 bits per heavy atom. The van der Waals surface area contributed by atoms with E-state index in [-0.39, 0.29) is 0 Å². The summed E-state index contributed by atoms with van der Waals surface area (Å²) in [6.07, 6.45) is 1.77. The molecule has 0 atom stereocenters. The second-order valence-corrected chi connectivity index (χ2v) is 5.89. The number of hydrogen-bond acceptors (Lipinski definition) is 2. The van der Waals surface area contributed by atoms with Crippen LogP contribution in [0.25, 0.3) is 27.5 Å². The predicted molar refractivity (Wildman–Crippen MR) is 90.7 cm³/mol. The van der Waals surface area contributed by atoms with Gasteiger partial charge in [-0.3, -0.25) is 0 Å². The molecule has 0 aliphatic carbocycles. The molecule has 0 spiro atoms. The first kappa shape index (κ1) is 13.6. The Kier molecular flexibility index (Phi) is 3.06. The van der Waals surface area contributed by atoms with Crippen LogP contribution in [0.1, 0.15) is 5.56 Å². The van der Waals surface area contributed by atoms with Gasteiger partial charge >= 0.3 is 0 Å². The van der Waals surface area contributed by atoms with Gasteiger partial charge in [0.15, 0.2) is 5.65 Å². The van der Waals surface area contributed by atoms with Gasteiger partial charge in [-0.05, 0) is 29.3 Å². The van der Waals surface area contributed by atoms with Crippen molar-refractivity contribution in [2.24, 2.45) is 0 Å². The standard InChI is InChI=1S/C17H11Cl2N3/c1-10-15(18)21-17-14(9-20-22(17)16(10)19)13-7-6-11-4-2-3-5-12(11)8-13/h2-9H,1H3. The van der Waals surface area contributed by atoms with Crippen LogP contribution >= 0.6 is 23.2 Å². The number of nitrogens with zero attached hydrogens (tertiary/aromatic N) is 3. The first-order chi connectivity index (χ1) is 10.6. The maximum absolute atomic E-state index is 6.30. The summed E-state index contributed by atoms with van der Waals surface area (Å²) >= 11 is 12.5. The highest BCUT2D eigenvalue weighted by atomic mass is 35.5. The number of rotatable bonds is 1. The highest BCUT2D eigenvalue weighted by Gasteiger charge is 2.14. The van der Waals surface area contributed by atoms with E-state index in [2.05, 4.69) is 40.4 Å². The average molecular weight is 328 g/mol. The third-order valence-corrected chi connectivity index (χ3v) is 4.62. The van der Waals surface area contributed by atoms with Crippen LogP contribution in [0.15, 0.2) is 48.7 Å². The van der Waals surface area contributed by atoms with Gasteiger partial charge in [0.05, 0.1) is 6.20 Å². The number of halogens is 2. The minimum Gasteiger partial charge on any atom is -0.216 e.